The van der Waals surface area contributed by atoms with E-state index >= 15 is 0 Å². The highest BCUT2D eigenvalue weighted by Gasteiger charge is 2.44. The van der Waals surface area contributed by atoms with Gasteiger partial charge in [0, 0.05) is 12.8 Å². The number of ether oxygens (including phenoxy) is 3. The predicted molar refractivity (Wildman–Crippen MR) is 407 cm³/mol. The van der Waals surface area contributed by atoms with Crippen molar-refractivity contribution in [3.05, 3.63) is 60.8 Å². The van der Waals surface area contributed by atoms with Crippen molar-refractivity contribution >= 4 is 11.9 Å². The summed E-state index contributed by atoms with van der Waals surface area (Å²) < 4.78 is 16.8. The summed E-state index contributed by atoms with van der Waals surface area (Å²) >= 11 is 0. The molecule has 0 aliphatic carbocycles. The molecule has 7 unspecified atom stereocenters. The Morgan fingerprint density at radius 1 is 0.385 bits per heavy atom. The Labute approximate surface area is 592 Å². The number of nitrogens with one attached hydrogen (secondary N) is 1. The standard InChI is InChI=1S/C85H157NO10/c1-3-5-7-9-11-13-15-17-18-45-49-53-57-61-65-69-73-81(90)94-74-70-66-62-58-54-50-46-43-41-39-37-35-33-31-29-27-25-23-21-19-20-22-24-26-28-30-32-34-36-38-40-42-44-48-52-56-60-64-68-72-80(89)86-77(76-95-85-84(93)83(92)82(91)79(75-87)96-85)78(88)71-67-63-59-55-51-47-16-14-12-10-8-6-4-2/h13,15,18-20,23,25,45,67,71,77-79,82-85,87-88,91-93H,3-12,14,16-17,21-22,24,26-44,46-66,68-70,72-76H2,1-2H3,(H,86,89)/b15-13-,20-19-,25-23-,45-18-,71-67+. The van der Waals surface area contributed by atoms with Gasteiger partial charge in [0.15, 0.2) is 6.29 Å². The van der Waals surface area contributed by atoms with Gasteiger partial charge in [-0.1, -0.05) is 357 Å². The van der Waals surface area contributed by atoms with E-state index < -0.39 is 49.5 Å². The van der Waals surface area contributed by atoms with Gasteiger partial charge in [-0.15, -0.1) is 0 Å². The van der Waals surface area contributed by atoms with Crippen LogP contribution < -0.4 is 5.32 Å². The number of hydrogen-bond acceptors (Lipinski definition) is 10. The van der Waals surface area contributed by atoms with Gasteiger partial charge in [-0.25, -0.2) is 0 Å². The molecule has 1 rings (SSSR count). The van der Waals surface area contributed by atoms with E-state index in [1.54, 1.807) is 6.08 Å². The van der Waals surface area contributed by atoms with Crippen molar-refractivity contribution in [1.29, 1.82) is 0 Å². The topological polar surface area (TPSA) is 175 Å². The normalized spacial score (nSPS) is 17.6. The lowest BCUT2D eigenvalue weighted by Gasteiger charge is -2.40. The van der Waals surface area contributed by atoms with Crippen LogP contribution >= 0.6 is 0 Å². The molecule has 0 saturated carbocycles. The molecule has 11 heteroatoms. The molecule has 1 saturated heterocycles. The second-order valence-corrected chi connectivity index (χ2v) is 28.8. The summed E-state index contributed by atoms with van der Waals surface area (Å²) in [6.07, 6.45) is 89.7. The zero-order valence-electron chi connectivity index (χ0n) is 62.8. The van der Waals surface area contributed by atoms with Crippen LogP contribution in [0.3, 0.4) is 0 Å². The lowest BCUT2D eigenvalue weighted by Crippen LogP contribution is -2.60. The van der Waals surface area contributed by atoms with Crippen LogP contribution in [-0.2, 0) is 23.8 Å². The summed E-state index contributed by atoms with van der Waals surface area (Å²) in [5.41, 5.74) is 0. The number of carbonyl (C=O) groups excluding carboxylic acids is 2. The van der Waals surface area contributed by atoms with Crippen molar-refractivity contribution in [2.24, 2.45) is 0 Å². The lowest BCUT2D eigenvalue weighted by atomic mass is 9.99. The van der Waals surface area contributed by atoms with E-state index in [0.717, 1.165) is 70.6 Å². The summed E-state index contributed by atoms with van der Waals surface area (Å²) in [6.45, 7) is 4.37. The minimum Gasteiger partial charge on any atom is -0.466 e. The van der Waals surface area contributed by atoms with Crippen LogP contribution in [0.2, 0.25) is 0 Å². The highest BCUT2D eigenvalue weighted by atomic mass is 16.7. The quantitative estimate of drug-likeness (QED) is 0.0195. The molecule has 0 aromatic heterocycles. The van der Waals surface area contributed by atoms with E-state index in [-0.39, 0.29) is 18.5 Å². The molecule has 6 N–H and O–H groups in total. The van der Waals surface area contributed by atoms with Crippen LogP contribution in [0.1, 0.15) is 406 Å². The van der Waals surface area contributed by atoms with E-state index in [1.165, 1.54) is 308 Å². The first kappa shape index (κ1) is 91.4. The number of aliphatic hydroxyl groups is 5. The van der Waals surface area contributed by atoms with Crippen LogP contribution in [-0.4, -0.2) is 100 Å². The van der Waals surface area contributed by atoms with Crippen molar-refractivity contribution in [3.63, 3.8) is 0 Å². The van der Waals surface area contributed by atoms with Gasteiger partial charge < -0.3 is 45.1 Å². The van der Waals surface area contributed by atoms with Crippen LogP contribution in [0.4, 0.5) is 0 Å². The summed E-state index contributed by atoms with van der Waals surface area (Å²) in [5.74, 6) is -0.175. The minimum atomic E-state index is -1.57. The zero-order chi connectivity index (χ0) is 69.4. The fourth-order valence-corrected chi connectivity index (χ4v) is 13.1. The average molecular weight is 1350 g/mol. The van der Waals surface area contributed by atoms with Crippen molar-refractivity contribution < 1.29 is 49.3 Å². The van der Waals surface area contributed by atoms with Gasteiger partial charge >= 0.3 is 5.97 Å². The molecule has 0 spiro atoms. The number of allylic oxidation sites excluding steroid dienone is 9. The van der Waals surface area contributed by atoms with Crippen LogP contribution in [0.15, 0.2) is 60.8 Å². The third-order valence-electron chi connectivity index (χ3n) is 19.6. The van der Waals surface area contributed by atoms with Crippen molar-refractivity contribution in [1.82, 2.24) is 5.32 Å². The third-order valence-corrected chi connectivity index (χ3v) is 19.6. The van der Waals surface area contributed by atoms with E-state index in [2.05, 4.69) is 67.8 Å². The molecule has 1 heterocycles. The molecule has 562 valence electrons. The van der Waals surface area contributed by atoms with E-state index in [4.69, 9.17) is 14.2 Å². The third kappa shape index (κ3) is 61.2. The number of unbranched alkanes of at least 4 members (excludes halogenated alkanes) is 52. The SMILES string of the molecule is CCCCCC/C=C\C/C=C\CCCCCCCC(=O)OCCCCCCCCCCCCCCCCC/C=C\C/C=C\CCCCCCCCCCCCCCCCCCCC(=O)NC(COC1OC(CO)C(O)C(O)C1O)C(O)/C=C/CCCCCCCCCCCCC. The molecule has 0 bridgehead atoms. The molecule has 0 aromatic carbocycles. The number of carbonyl (C=O) groups is 2. The maximum atomic E-state index is 13.1. The smallest absolute Gasteiger partial charge is 0.305 e. The molecule has 11 nitrogen and oxygen atoms in total. The highest BCUT2D eigenvalue weighted by Crippen LogP contribution is 2.24. The molecule has 1 amide bonds. The first-order valence-electron chi connectivity index (χ1n) is 41.6. The fourth-order valence-electron chi connectivity index (χ4n) is 13.1. The highest BCUT2D eigenvalue weighted by molar-refractivity contribution is 5.76. The molecule has 1 fully saturated rings. The average Bonchev–Trinajstić information content (AvgIpc) is 0.974. The number of esters is 1. The summed E-state index contributed by atoms with van der Waals surface area (Å²) in [4.78, 5) is 25.2. The Kier molecular flexibility index (Phi) is 70.0. The van der Waals surface area contributed by atoms with Gasteiger partial charge in [-0.3, -0.25) is 9.59 Å². The Balaban J connectivity index is 1.89. The fraction of sp³-hybridized carbons (Fsp3) is 0.859. The first-order chi connectivity index (χ1) is 47.2. The molecule has 7 atom stereocenters. The largest absolute Gasteiger partial charge is 0.466 e. The second-order valence-electron chi connectivity index (χ2n) is 28.8. The molecule has 1 aliphatic heterocycles. The molecular formula is C85H157NO10. The molecule has 96 heavy (non-hydrogen) atoms. The number of hydrogen-bond donors (Lipinski definition) is 6. The Morgan fingerprint density at radius 2 is 0.698 bits per heavy atom. The van der Waals surface area contributed by atoms with Crippen molar-refractivity contribution in [3.8, 4) is 0 Å². The van der Waals surface area contributed by atoms with E-state index in [0.29, 0.717) is 19.4 Å². The van der Waals surface area contributed by atoms with Crippen LogP contribution in [0.5, 0.6) is 0 Å². The van der Waals surface area contributed by atoms with Crippen molar-refractivity contribution in [2.45, 2.75) is 448 Å². The summed E-state index contributed by atoms with van der Waals surface area (Å²) in [6, 6.07) is -0.808. The minimum absolute atomic E-state index is 0.00132. The molecule has 0 aromatic rings. The maximum Gasteiger partial charge on any atom is 0.305 e. The summed E-state index contributed by atoms with van der Waals surface area (Å²) in [7, 11) is 0. The molecule has 1 aliphatic rings. The monoisotopic (exact) mass is 1350 g/mol. The zero-order valence-corrected chi connectivity index (χ0v) is 62.8. The Hall–Kier alpha value is -2.64. The van der Waals surface area contributed by atoms with Gasteiger partial charge in [0.05, 0.1) is 32.0 Å². The number of amides is 1. The van der Waals surface area contributed by atoms with Gasteiger partial charge in [-0.05, 0) is 96.3 Å². The van der Waals surface area contributed by atoms with Gasteiger partial charge in [0.1, 0.15) is 24.4 Å². The van der Waals surface area contributed by atoms with E-state index in [9.17, 15) is 35.1 Å². The van der Waals surface area contributed by atoms with Gasteiger partial charge in [-0.2, -0.15) is 0 Å². The molecule has 0 radical (unpaired) electrons. The lowest BCUT2D eigenvalue weighted by molar-refractivity contribution is -0.302. The number of rotatable bonds is 74. The van der Waals surface area contributed by atoms with E-state index in [1.807, 2.05) is 6.08 Å². The number of aliphatic hydroxyl groups excluding tert-OH is 5. The maximum absolute atomic E-state index is 13.1. The predicted octanol–water partition coefficient (Wildman–Crippen LogP) is 22.8. The Morgan fingerprint density at radius 3 is 1.06 bits per heavy atom. The Bertz CT molecular complexity index is 1780. The van der Waals surface area contributed by atoms with Crippen LogP contribution in [0.25, 0.3) is 0 Å². The molecular weight excluding hydrogens is 1190 g/mol. The van der Waals surface area contributed by atoms with Crippen molar-refractivity contribution in [2.75, 3.05) is 19.8 Å². The van der Waals surface area contributed by atoms with Gasteiger partial charge in [0.2, 0.25) is 5.91 Å². The van der Waals surface area contributed by atoms with Crippen LogP contribution in [0, 0.1) is 0 Å². The first-order valence-corrected chi connectivity index (χ1v) is 41.6. The summed E-state index contributed by atoms with van der Waals surface area (Å²) in [5, 5.41) is 54.6. The second kappa shape index (κ2) is 73.6. The van der Waals surface area contributed by atoms with Gasteiger partial charge in [0.25, 0.3) is 0 Å².